The Morgan fingerprint density at radius 1 is 1.20 bits per heavy atom. The monoisotopic (exact) mass is 339 g/mol. The van der Waals surface area contributed by atoms with E-state index in [1.807, 2.05) is 18.2 Å². The highest BCUT2D eigenvalue weighted by Crippen LogP contribution is 2.27. The molecule has 0 bridgehead atoms. The number of carbonyl (C=O) groups is 1. The van der Waals surface area contributed by atoms with Gasteiger partial charge in [-0.3, -0.25) is 4.79 Å². The van der Waals surface area contributed by atoms with Crippen molar-refractivity contribution in [1.29, 1.82) is 0 Å². The molecule has 0 saturated carbocycles. The fourth-order valence-corrected chi connectivity index (χ4v) is 3.20. The zero-order valence-corrected chi connectivity index (χ0v) is 14.5. The molecule has 0 heterocycles. The second kappa shape index (κ2) is 8.46. The molecular weight excluding hydrogens is 314 g/mol. The number of alkyl halides is 1. The van der Waals surface area contributed by atoms with Crippen LogP contribution in [0.1, 0.15) is 45.6 Å². The van der Waals surface area contributed by atoms with Gasteiger partial charge < -0.3 is 5.32 Å². The van der Waals surface area contributed by atoms with Crippen molar-refractivity contribution in [1.82, 2.24) is 5.32 Å². The summed E-state index contributed by atoms with van der Waals surface area (Å²) in [4.78, 5) is 12.7. The lowest BCUT2D eigenvalue weighted by Gasteiger charge is -2.27. The molecule has 1 amide bonds. The third-order valence-corrected chi connectivity index (χ3v) is 4.65. The molecule has 20 heavy (non-hydrogen) atoms. The molecule has 3 unspecified atom stereocenters. The van der Waals surface area contributed by atoms with Gasteiger partial charge in [0.15, 0.2) is 0 Å². The topological polar surface area (TPSA) is 29.1 Å². The fraction of sp³-hybridized carbons (Fsp3) is 0.588. The minimum Gasteiger partial charge on any atom is -0.352 e. The van der Waals surface area contributed by atoms with Crippen LogP contribution in [0, 0.1) is 11.8 Å². The van der Waals surface area contributed by atoms with Crippen LogP contribution in [-0.4, -0.2) is 17.3 Å². The number of amides is 1. The molecule has 0 radical (unpaired) electrons. The summed E-state index contributed by atoms with van der Waals surface area (Å²) in [6, 6.07) is 10.3. The number of nitrogens with one attached hydrogen (secondary N) is 1. The van der Waals surface area contributed by atoms with Gasteiger partial charge in [-0.2, -0.15) is 0 Å². The van der Waals surface area contributed by atoms with E-state index in [1.54, 1.807) is 0 Å². The first-order chi connectivity index (χ1) is 9.51. The average molecular weight is 340 g/mol. The van der Waals surface area contributed by atoms with Crippen LogP contribution in [0.2, 0.25) is 0 Å². The van der Waals surface area contributed by atoms with Crippen LogP contribution in [0.4, 0.5) is 0 Å². The van der Waals surface area contributed by atoms with Gasteiger partial charge in [0.1, 0.15) is 0 Å². The first-order valence-corrected chi connectivity index (χ1v) is 8.54. The van der Waals surface area contributed by atoms with E-state index in [-0.39, 0.29) is 17.9 Å². The molecule has 1 aromatic rings. The number of hydrogen-bond acceptors (Lipinski definition) is 1. The Morgan fingerprint density at radius 2 is 1.80 bits per heavy atom. The molecule has 1 aromatic carbocycles. The van der Waals surface area contributed by atoms with Crippen molar-refractivity contribution in [3.63, 3.8) is 0 Å². The predicted molar refractivity (Wildman–Crippen MR) is 89.2 cm³/mol. The Morgan fingerprint density at radius 3 is 2.25 bits per heavy atom. The van der Waals surface area contributed by atoms with E-state index in [0.717, 1.165) is 17.3 Å². The second-order valence-electron chi connectivity index (χ2n) is 5.79. The third-order valence-electron chi connectivity index (χ3n) is 3.95. The number of carbonyl (C=O) groups excluding carboxylic acids is 1. The highest BCUT2D eigenvalue weighted by Gasteiger charge is 2.27. The maximum absolute atomic E-state index is 12.7. The van der Waals surface area contributed by atoms with Gasteiger partial charge in [-0.1, -0.05) is 80.4 Å². The lowest BCUT2D eigenvalue weighted by molar-refractivity contribution is -0.124. The van der Waals surface area contributed by atoms with Crippen LogP contribution in [0.3, 0.4) is 0 Å². The first-order valence-electron chi connectivity index (χ1n) is 7.42. The van der Waals surface area contributed by atoms with Gasteiger partial charge in [0, 0.05) is 11.4 Å². The Kier molecular flexibility index (Phi) is 7.28. The van der Waals surface area contributed by atoms with Crippen LogP contribution in [0.15, 0.2) is 30.3 Å². The molecule has 0 aliphatic heterocycles. The minimum absolute atomic E-state index is 0.0681. The highest BCUT2D eigenvalue weighted by molar-refractivity contribution is 9.09. The van der Waals surface area contributed by atoms with Crippen molar-refractivity contribution in [2.75, 3.05) is 5.33 Å². The molecule has 1 N–H and O–H groups in total. The maximum Gasteiger partial charge on any atom is 0.228 e. The zero-order valence-electron chi connectivity index (χ0n) is 12.9. The molecule has 0 aliphatic rings. The van der Waals surface area contributed by atoms with E-state index in [2.05, 4.69) is 61.1 Å². The molecule has 0 aliphatic carbocycles. The van der Waals surface area contributed by atoms with Crippen molar-refractivity contribution in [3.8, 4) is 0 Å². The van der Waals surface area contributed by atoms with E-state index in [1.165, 1.54) is 0 Å². The van der Waals surface area contributed by atoms with E-state index in [4.69, 9.17) is 0 Å². The largest absolute Gasteiger partial charge is 0.352 e. The van der Waals surface area contributed by atoms with Crippen LogP contribution in [0.25, 0.3) is 0 Å². The van der Waals surface area contributed by atoms with Gasteiger partial charge in [-0.25, -0.2) is 0 Å². The summed E-state index contributed by atoms with van der Waals surface area (Å²) in [5, 5.41) is 3.98. The summed E-state index contributed by atoms with van der Waals surface area (Å²) in [5.74, 6) is 0.831. The fourth-order valence-electron chi connectivity index (χ4n) is 2.29. The van der Waals surface area contributed by atoms with E-state index >= 15 is 0 Å². The van der Waals surface area contributed by atoms with E-state index < -0.39 is 0 Å². The highest BCUT2D eigenvalue weighted by atomic mass is 79.9. The Hall–Kier alpha value is -0.830. The Bertz CT molecular complexity index is 405. The van der Waals surface area contributed by atoms with Crippen LogP contribution < -0.4 is 5.32 Å². The number of hydrogen-bond donors (Lipinski definition) is 1. The molecular formula is C17H26BrNO. The molecule has 0 saturated heterocycles. The molecule has 3 atom stereocenters. The Balaban J connectivity index is 2.92. The molecule has 112 valence electrons. The van der Waals surface area contributed by atoms with Gasteiger partial charge in [0.25, 0.3) is 0 Å². The standard InChI is InChI=1S/C17H26BrNO/c1-5-13(4)16(14-9-7-6-8-10-14)17(20)19-15(11-18)12(2)3/h6-10,12-13,15-16H,5,11H2,1-4H3,(H,19,20). The van der Waals surface area contributed by atoms with Gasteiger partial charge in [0.05, 0.1) is 5.92 Å². The van der Waals surface area contributed by atoms with Crippen molar-refractivity contribution >= 4 is 21.8 Å². The van der Waals surface area contributed by atoms with Gasteiger partial charge in [-0.15, -0.1) is 0 Å². The van der Waals surface area contributed by atoms with Crippen molar-refractivity contribution < 1.29 is 4.79 Å². The molecule has 0 spiro atoms. The summed E-state index contributed by atoms with van der Waals surface area (Å²) >= 11 is 3.49. The first kappa shape index (κ1) is 17.2. The van der Waals surface area contributed by atoms with Crippen molar-refractivity contribution in [2.24, 2.45) is 11.8 Å². The number of benzene rings is 1. The predicted octanol–water partition coefficient (Wildman–Crippen LogP) is 4.35. The molecule has 0 aromatic heterocycles. The molecule has 3 heteroatoms. The van der Waals surface area contributed by atoms with Gasteiger partial charge >= 0.3 is 0 Å². The summed E-state index contributed by atoms with van der Waals surface area (Å²) in [7, 11) is 0. The Labute approximate surface area is 131 Å². The number of halogens is 1. The average Bonchev–Trinajstić information content (AvgIpc) is 2.45. The molecule has 0 fully saturated rings. The summed E-state index contributed by atoms with van der Waals surface area (Å²) in [5.41, 5.74) is 1.11. The lowest BCUT2D eigenvalue weighted by atomic mass is 9.84. The quantitative estimate of drug-likeness (QED) is 0.735. The summed E-state index contributed by atoms with van der Waals surface area (Å²) in [6.07, 6.45) is 0.994. The van der Waals surface area contributed by atoms with E-state index in [9.17, 15) is 4.79 Å². The van der Waals surface area contributed by atoms with Crippen LogP contribution in [-0.2, 0) is 4.79 Å². The summed E-state index contributed by atoms with van der Waals surface area (Å²) in [6.45, 7) is 8.55. The minimum atomic E-state index is -0.0681. The normalized spacial score (nSPS) is 15.7. The smallest absolute Gasteiger partial charge is 0.228 e. The van der Waals surface area contributed by atoms with E-state index in [0.29, 0.717) is 11.8 Å². The number of rotatable bonds is 7. The maximum atomic E-state index is 12.7. The molecule has 2 nitrogen and oxygen atoms in total. The van der Waals surface area contributed by atoms with Crippen molar-refractivity contribution in [3.05, 3.63) is 35.9 Å². The van der Waals surface area contributed by atoms with Crippen molar-refractivity contribution in [2.45, 2.75) is 46.1 Å². The van der Waals surface area contributed by atoms with Gasteiger partial charge in [-0.05, 0) is 17.4 Å². The summed E-state index contributed by atoms with van der Waals surface area (Å²) < 4.78 is 0. The SMILES string of the molecule is CCC(C)C(C(=O)NC(CBr)C(C)C)c1ccccc1. The zero-order chi connectivity index (χ0) is 15.1. The lowest BCUT2D eigenvalue weighted by Crippen LogP contribution is -2.43. The van der Waals surface area contributed by atoms with Crippen LogP contribution >= 0.6 is 15.9 Å². The van der Waals surface area contributed by atoms with Crippen LogP contribution in [0.5, 0.6) is 0 Å². The second-order valence-corrected chi connectivity index (χ2v) is 6.43. The van der Waals surface area contributed by atoms with Gasteiger partial charge in [0.2, 0.25) is 5.91 Å². The molecule has 1 rings (SSSR count). The third kappa shape index (κ3) is 4.62.